The smallest absolute Gasteiger partial charge is 0.337 e. The van der Waals surface area contributed by atoms with Crippen molar-refractivity contribution in [3.05, 3.63) is 52.5 Å². The number of halogens is 1. The predicted octanol–water partition coefficient (Wildman–Crippen LogP) is 1.01. The first-order valence-electron chi connectivity index (χ1n) is 7.81. The Balaban J connectivity index is 1.96. The van der Waals surface area contributed by atoms with Gasteiger partial charge in [-0.25, -0.2) is 9.59 Å². The Morgan fingerprint density at radius 3 is 2.70 bits per heavy atom. The van der Waals surface area contributed by atoms with Crippen LogP contribution in [0.15, 0.2) is 41.9 Å². The molecule has 144 valence electrons. The molecule has 1 aliphatic heterocycles. The quantitative estimate of drug-likeness (QED) is 0.532. The highest BCUT2D eigenvalue weighted by Gasteiger charge is 2.24. The maximum Gasteiger partial charge on any atom is 0.337 e. The third kappa shape index (κ3) is 4.91. The molecule has 0 spiro atoms. The monoisotopic (exact) mass is 394 g/mol. The van der Waals surface area contributed by atoms with Gasteiger partial charge in [-0.2, -0.15) is 0 Å². The standard InChI is InChI=1S/C17H19ClN4O5/c1-8(20-15(23)14-13(19)9(2)21-17(25)22-14)7-27-12-5-4-10(6-11(12)18)16(24)26-3/h4-6,8H,2,7,19H2,1,3H3,(H,20,23)(H2,21,22,25)/t8-/m1/s1. The van der Waals surface area contributed by atoms with Crippen LogP contribution in [-0.2, 0) is 9.53 Å². The molecule has 1 aliphatic rings. The van der Waals surface area contributed by atoms with Crippen LogP contribution < -0.4 is 26.4 Å². The summed E-state index contributed by atoms with van der Waals surface area (Å²) >= 11 is 6.08. The maximum absolute atomic E-state index is 12.3. The number of hydrogen-bond donors (Lipinski definition) is 4. The lowest BCUT2D eigenvalue weighted by molar-refractivity contribution is -0.118. The number of methoxy groups -OCH3 is 1. The van der Waals surface area contributed by atoms with Gasteiger partial charge >= 0.3 is 12.0 Å². The van der Waals surface area contributed by atoms with Gasteiger partial charge in [-0.1, -0.05) is 18.2 Å². The van der Waals surface area contributed by atoms with Crippen molar-refractivity contribution in [2.75, 3.05) is 13.7 Å². The molecular formula is C17H19ClN4O5. The molecule has 9 nitrogen and oxygen atoms in total. The number of esters is 1. The van der Waals surface area contributed by atoms with Gasteiger partial charge in [0.25, 0.3) is 5.91 Å². The van der Waals surface area contributed by atoms with E-state index >= 15 is 0 Å². The van der Waals surface area contributed by atoms with E-state index in [2.05, 4.69) is 27.3 Å². The first-order chi connectivity index (χ1) is 12.7. The number of benzene rings is 1. The summed E-state index contributed by atoms with van der Waals surface area (Å²) in [6.07, 6.45) is 0. The number of urea groups is 1. The third-order valence-electron chi connectivity index (χ3n) is 3.54. The van der Waals surface area contributed by atoms with E-state index in [4.69, 9.17) is 22.1 Å². The number of nitrogens with one attached hydrogen (secondary N) is 3. The molecule has 0 radical (unpaired) electrons. The van der Waals surface area contributed by atoms with E-state index in [1.807, 2.05) is 0 Å². The van der Waals surface area contributed by atoms with Gasteiger partial charge in [0.05, 0.1) is 35.1 Å². The molecule has 0 aromatic heterocycles. The fourth-order valence-corrected chi connectivity index (χ4v) is 2.40. The van der Waals surface area contributed by atoms with Crippen LogP contribution in [-0.4, -0.2) is 37.7 Å². The van der Waals surface area contributed by atoms with Crippen LogP contribution in [0, 0.1) is 0 Å². The fraction of sp³-hybridized carbons (Fsp3) is 0.235. The fourth-order valence-electron chi connectivity index (χ4n) is 2.16. The van der Waals surface area contributed by atoms with Gasteiger partial charge in [-0.15, -0.1) is 0 Å². The average Bonchev–Trinajstić information content (AvgIpc) is 2.62. The van der Waals surface area contributed by atoms with Crippen molar-refractivity contribution in [3.8, 4) is 5.75 Å². The second-order valence-electron chi connectivity index (χ2n) is 5.67. The molecule has 2 rings (SSSR count). The number of nitrogens with two attached hydrogens (primary N) is 1. The molecule has 1 aromatic carbocycles. The number of hydrogen-bond acceptors (Lipinski definition) is 6. The van der Waals surface area contributed by atoms with Crippen LogP contribution in [0.2, 0.25) is 5.02 Å². The van der Waals surface area contributed by atoms with Crippen molar-refractivity contribution in [1.82, 2.24) is 16.0 Å². The zero-order valence-corrected chi connectivity index (χ0v) is 15.5. The van der Waals surface area contributed by atoms with E-state index in [9.17, 15) is 14.4 Å². The lowest BCUT2D eigenvalue weighted by Crippen LogP contribution is -2.49. The minimum Gasteiger partial charge on any atom is -0.490 e. The van der Waals surface area contributed by atoms with Crippen LogP contribution in [0.3, 0.4) is 0 Å². The molecule has 0 fully saturated rings. The van der Waals surface area contributed by atoms with E-state index in [1.54, 1.807) is 6.92 Å². The van der Waals surface area contributed by atoms with Crippen LogP contribution >= 0.6 is 11.6 Å². The summed E-state index contributed by atoms with van der Waals surface area (Å²) in [5.41, 5.74) is 6.14. The summed E-state index contributed by atoms with van der Waals surface area (Å²) < 4.78 is 10.2. The summed E-state index contributed by atoms with van der Waals surface area (Å²) in [7, 11) is 1.27. The van der Waals surface area contributed by atoms with Crippen LogP contribution in [0.4, 0.5) is 4.79 Å². The zero-order valence-electron chi connectivity index (χ0n) is 14.7. The van der Waals surface area contributed by atoms with Gasteiger partial charge in [-0.3, -0.25) is 4.79 Å². The Kier molecular flexibility index (Phi) is 6.30. The van der Waals surface area contributed by atoms with E-state index in [-0.39, 0.29) is 28.7 Å². The summed E-state index contributed by atoms with van der Waals surface area (Å²) in [5, 5.41) is 7.56. The molecule has 27 heavy (non-hydrogen) atoms. The number of amides is 3. The van der Waals surface area contributed by atoms with Crippen molar-refractivity contribution < 1.29 is 23.9 Å². The Bertz CT molecular complexity index is 837. The van der Waals surface area contributed by atoms with E-state index in [1.165, 1.54) is 25.3 Å². The highest BCUT2D eigenvalue weighted by atomic mass is 35.5. The molecule has 0 aliphatic carbocycles. The second kappa shape index (κ2) is 8.45. The van der Waals surface area contributed by atoms with Crippen molar-refractivity contribution in [1.29, 1.82) is 0 Å². The molecule has 1 atom stereocenters. The van der Waals surface area contributed by atoms with Crippen LogP contribution in [0.1, 0.15) is 17.3 Å². The van der Waals surface area contributed by atoms with Gasteiger partial charge in [0, 0.05) is 0 Å². The number of ether oxygens (including phenoxy) is 2. The Hall–Kier alpha value is -3.20. The van der Waals surface area contributed by atoms with E-state index < -0.39 is 23.9 Å². The summed E-state index contributed by atoms with van der Waals surface area (Å²) in [4.78, 5) is 35.2. The zero-order chi connectivity index (χ0) is 20.1. The summed E-state index contributed by atoms with van der Waals surface area (Å²) in [5.74, 6) is -0.750. The van der Waals surface area contributed by atoms with Crippen LogP contribution in [0.5, 0.6) is 5.75 Å². The minimum atomic E-state index is -0.597. The SMILES string of the molecule is C=C1NC(=O)NC(C(=O)N[C@H](C)COc2ccc(C(=O)OC)cc2Cl)=C1N. The molecule has 10 heteroatoms. The Labute approximate surface area is 160 Å². The maximum atomic E-state index is 12.3. The van der Waals surface area contributed by atoms with Crippen molar-refractivity contribution >= 4 is 29.5 Å². The van der Waals surface area contributed by atoms with Gasteiger partial charge in [0.2, 0.25) is 0 Å². The third-order valence-corrected chi connectivity index (χ3v) is 3.84. The van der Waals surface area contributed by atoms with Gasteiger partial charge < -0.3 is 31.2 Å². The van der Waals surface area contributed by atoms with Gasteiger partial charge in [0.15, 0.2) is 0 Å². The van der Waals surface area contributed by atoms with E-state index in [0.29, 0.717) is 11.3 Å². The van der Waals surface area contributed by atoms with Crippen molar-refractivity contribution in [2.24, 2.45) is 5.73 Å². The largest absolute Gasteiger partial charge is 0.490 e. The normalized spacial score (nSPS) is 14.8. The Morgan fingerprint density at radius 1 is 1.37 bits per heavy atom. The molecule has 0 saturated heterocycles. The van der Waals surface area contributed by atoms with Gasteiger partial charge in [-0.05, 0) is 25.1 Å². The van der Waals surface area contributed by atoms with Crippen LogP contribution in [0.25, 0.3) is 0 Å². The van der Waals surface area contributed by atoms with Gasteiger partial charge in [0.1, 0.15) is 18.1 Å². The lowest BCUT2D eigenvalue weighted by Gasteiger charge is -2.22. The highest BCUT2D eigenvalue weighted by molar-refractivity contribution is 6.32. The molecule has 0 saturated carbocycles. The first kappa shape index (κ1) is 20.1. The number of rotatable bonds is 6. The molecule has 0 bridgehead atoms. The number of carbonyl (C=O) groups is 3. The predicted molar refractivity (Wildman–Crippen MR) is 97.9 cm³/mol. The minimum absolute atomic E-state index is 0.0432. The van der Waals surface area contributed by atoms with E-state index in [0.717, 1.165) is 0 Å². The molecule has 1 aromatic rings. The second-order valence-corrected chi connectivity index (χ2v) is 6.08. The Morgan fingerprint density at radius 2 is 2.07 bits per heavy atom. The lowest BCUT2D eigenvalue weighted by atomic mass is 10.2. The molecule has 0 unspecified atom stereocenters. The van der Waals surface area contributed by atoms with Crippen molar-refractivity contribution in [2.45, 2.75) is 13.0 Å². The summed E-state index contributed by atoms with van der Waals surface area (Å²) in [6, 6.07) is 3.43. The topological polar surface area (TPSA) is 132 Å². The average molecular weight is 395 g/mol. The van der Waals surface area contributed by atoms with Crippen molar-refractivity contribution in [3.63, 3.8) is 0 Å². The number of carbonyl (C=O) groups excluding carboxylic acids is 3. The highest BCUT2D eigenvalue weighted by Crippen LogP contribution is 2.26. The molecule has 3 amide bonds. The molecule has 5 N–H and O–H groups in total. The molecular weight excluding hydrogens is 376 g/mol. The summed E-state index contributed by atoms with van der Waals surface area (Å²) in [6.45, 7) is 5.35. The molecule has 1 heterocycles. The first-order valence-corrected chi connectivity index (χ1v) is 8.19.